The average Bonchev–Trinajstić information content (AvgIpc) is 2.97. The largest absolute Gasteiger partial charge is 0.494 e. The monoisotopic (exact) mass is 385 g/mol. The number of methoxy groups -OCH3 is 1. The Hall–Kier alpha value is -1.55. The predicted molar refractivity (Wildman–Crippen MR) is 98.5 cm³/mol. The Bertz CT molecular complexity index is 770. The van der Waals surface area contributed by atoms with Crippen LogP contribution in [0.3, 0.4) is 0 Å². The maximum Gasteiger partial charge on any atom is 0.204 e. The summed E-state index contributed by atoms with van der Waals surface area (Å²) in [4.78, 5) is 2.96. The summed E-state index contributed by atoms with van der Waals surface area (Å²) < 4.78 is 21.5. The van der Waals surface area contributed by atoms with Gasteiger partial charge in [-0.1, -0.05) is 11.3 Å². The maximum absolute atomic E-state index is 13.8. The second kappa shape index (κ2) is 8.22. The van der Waals surface area contributed by atoms with Crippen LogP contribution in [-0.2, 0) is 13.2 Å². The summed E-state index contributed by atoms with van der Waals surface area (Å²) in [5, 5.41) is 8.37. The number of ether oxygens (including phenoxy) is 1. The number of piperazine rings is 1. The van der Waals surface area contributed by atoms with Gasteiger partial charge in [-0.15, -0.1) is 5.10 Å². The fraction of sp³-hybridized carbons (Fsp3) is 0.500. The molecule has 25 heavy (non-hydrogen) atoms. The highest BCUT2D eigenvalue weighted by atomic mass is 32.1. The van der Waals surface area contributed by atoms with Gasteiger partial charge in [0.25, 0.3) is 0 Å². The standard InChI is InChI=1S/C16H22FN5OS2/c1-18-15-19-22(16(24)25-15)11-21-7-5-20(6-8-21)10-12-3-4-14(23-2)13(17)9-12/h3-4,9H,5-8,10-11H2,1-2H3,(H,18,19)/p+2. The zero-order valence-electron chi connectivity index (χ0n) is 14.5. The Balaban J connectivity index is 1.52. The minimum Gasteiger partial charge on any atom is -0.494 e. The van der Waals surface area contributed by atoms with Crippen LogP contribution in [0.2, 0.25) is 0 Å². The number of nitrogens with zero attached hydrogens (tertiary/aromatic N) is 2. The molecule has 0 atom stereocenters. The van der Waals surface area contributed by atoms with E-state index in [-0.39, 0.29) is 5.82 Å². The minimum absolute atomic E-state index is 0.290. The highest BCUT2D eigenvalue weighted by molar-refractivity contribution is 7.73. The first kappa shape index (κ1) is 18.2. The third kappa shape index (κ3) is 4.55. The van der Waals surface area contributed by atoms with Gasteiger partial charge in [0, 0.05) is 12.6 Å². The van der Waals surface area contributed by atoms with Crippen molar-refractivity contribution >= 4 is 28.7 Å². The molecule has 0 amide bonds. The second-order valence-corrected chi connectivity index (χ2v) is 7.85. The lowest BCUT2D eigenvalue weighted by atomic mass is 10.2. The van der Waals surface area contributed by atoms with Crippen LogP contribution in [0.25, 0.3) is 0 Å². The molecule has 3 N–H and O–H groups in total. The quantitative estimate of drug-likeness (QED) is 0.603. The molecule has 1 aliphatic heterocycles. The van der Waals surface area contributed by atoms with E-state index in [9.17, 15) is 4.39 Å². The van der Waals surface area contributed by atoms with Crippen LogP contribution in [0.4, 0.5) is 9.52 Å². The fourth-order valence-electron chi connectivity index (χ4n) is 3.12. The molecule has 0 unspecified atom stereocenters. The van der Waals surface area contributed by atoms with E-state index in [4.69, 9.17) is 17.0 Å². The lowest BCUT2D eigenvalue weighted by Gasteiger charge is -2.29. The van der Waals surface area contributed by atoms with E-state index in [0.717, 1.165) is 54.0 Å². The molecule has 1 aliphatic rings. The number of halogens is 1. The summed E-state index contributed by atoms with van der Waals surface area (Å²) in [6.07, 6.45) is 0. The number of nitrogens with one attached hydrogen (secondary N) is 3. The number of hydrogen-bond acceptors (Lipinski definition) is 5. The van der Waals surface area contributed by atoms with E-state index in [1.807, 2.05) is 17.8 Å². The van der Waals surface area contributed by atoms with Crippen molar-refractivity contribution in [2.75, 3.05) is 45.7 Å². The Morgan fingerprint density at radius 3 is 2.64 bits per heavy atom. The predicted octanol–water partition coefficient (Wildman–Crippen LogP) is -0.195. The van der Waals surface area contributed by atoms with Crippen LogP contribution in [0, 0.1) is 9.77 Å². The number of anilines is 1. The maximum atomic E-state index is 13.8. The average molecular weight is 386 g/mol. The van der Waals surface area contributed by atoms with Crippen molar-refractivity contribution in [2.24, 2.45) is 0 Å². The van der Waals surface area contributed by atoms with Crippen molar-refractivity contribution in [3.63, 3.8) is 0 Å². The molecule has 0 aliphatic carbocycles. The van der Waals surface area contributed by atoms with Crippen molar-refractivity contribution in [2.45, 2.75) is 13.2 Å². The first-order chi connectivity index (χ1) is 12.1. The van der Waals surface area contributed by atoms with Crippen LogP contribution >= 0.6 is 23.6 Å². The summed E-state index contributed by atoms with van der Waals surface area (Å²) in [6, 6.07) is 5.23. The van der Waals surface area contributed by atoms with Crippen molar-refractivity contribution in [1.82, 2.24) is 9.78 Å². The molecule has 0 bridgehead atoms. The van der Waals surface area contributed by atoms with Crippen LogP contribution in [0.1, 0.15) is 5.56 Å². The van der Waals surface area contributed by atoms with E-state index in [1.165, 1.54) is 28.2 Å². The molecule has 136 valence electrons. The van der Waals surface area contributed by atoms with E-state index in [1.54, 1.807) is 12.1 Å². The lowest BCUT2D eigenvalue weighted by Crippen LogP contribution is -3.27. The normalized spacial score (nSPS) is 20.4. The van der Waals surface area contributed by atoms with Crippen molar-refractivity contribution in [3.05, 3.63) is 33.5 Å². The highest BCUT2D eigenvalue weighted by Gasteiger charge is 2.24. The number of hydrogen-bond donors (Lipinski definition) is 3. The molecule has 9 heteroatoms. The summed E-state index contributed by atoms with van der Waals surface area (Å²) in [6.45, 7) is 5.87. The van der Waals surface area contributed by atoms with Gasteiger partial charge in [-0.3, -0.25) is 0 Å². The van der Waals surface area contributed by atoms with Gasteiger partial charge in [-0.05, 0) is 30.4 Å². The van der Waals surface area contributed by atoms with E-state index >= 15 is 0 Å². The molecule has 0 saturated carbocycles. The summed E-state index contributed by atoms with van der Waals surface area (Å²) >= 11 is 6.87. The molecule has 6 nitrogen and oxygen atoms in total. The molecule has 3 rings (SSSR count). The first-order valence-electron chi connectivity index (χ1n) is 8.34. The highest BCUT2D eigenvalue weighted by Crippen LogP contribution is 2.17. The Morgan fingerprint density at radius 1 is 1.32 bits per heavy atom. The molecule has 1 aromatic heterocycles. The van der Waals surface area contributed by atoms with Gasteiger partial charge in [0.1, 0.15) is 32.7 Å². The SMILES string of the molecule is CNc1nn(C[NH+]2CC[NH+](Cc3ccc(OC)c(F)c3)CC2)c(=S)s1. The molecule has 1 fully saturated rings. The third-order valence-corrected chi connectivity index (χ3v) is 5.85. The van der Waals surface area contributed by atoms with E-state index in [2.05, 4.69) is 10.4 Å². The van der Waals surface area contributed by atoms with E-state index < -0.39 is 0 Å². The molecular formula is C16H24FN5OS2+2. The van der Waals surface area contributed by atoms with Gasteiger partial charge in [-0.2, -0.15) is 4.68 Å². The second-order valence-electron chi connectivity index (χ2n) is 6.23. The van der Waals surface area contributed by atoms with Gasteiger partial charge in [0.15, 0.2) is 22.2 Å². The molecule has 1 saturated heterocycles. The van der Waals surface area contributed by atoms with Crippen LogP contribution in [0.15, 0.2) is 18.2 Å². The van der Waals surface area contributed by atoms with E-state index in [0.29, 0.717) is 5.75 Å². The number of quaternary nitrogens is 2. The zero-order chi connectivity index (χ0) is 17.8. The third-order valence-electron chi connectivity index (χ3n) is 4.53. The Morgan fingerprint density at radius 2 is 2.04 bits per heavy atom. The lowest BCUT2D eigenvalue weighted by molar-refractivity contribution is -1.03. The summed E-state index contributed by atoms with van der Waals surface area (Å²) in [5.74, 6) is 0.0101. The topological polar surface area (TPSA) is 48.0 Å². The molecule has 2 heterocycles. The van der Waals surface area contributed by atoms with Crippen molar-refractivity contribution < 1.29 is 18.9 Å². The number of rotatable bonds is 6. The van der Waals surface area contributed by atoms with Gasteiger partial charge >= 0.3 is 0 Å². The van der Waals surface area contributed by atoms with Gasteiger partial charge in [-0.25, -0.2) is 4.39 Å². The van der Waals surface area contributed by atoms with Gasteiger partial charge in [0.05, 0.1) is 7.11 Å². The van der Waals surface area contributed by atoms with Crippen molar-refractivity contribution in [3.8, 4) is 5.75 Å². The van der Waals surface area contributed by atoms with Crippen LogP contribution in [-0.4, -0.2) is 50.1 Å². The Labute approximate surface area is 155 Å². The number of benzene rings is 1. The minimum atomic E-state index is -0.290. The van der Waals surface area contributed by atoms with Crippen molar-refractivity contribution in [1.29, 1.82) is 0 Å². The van der Waals surface area contributed by atoms with Crippen LogP contribution in [0.5, 0.6) is 5.75 Å². The zero-order valence-corrected chi connectivity index (χ0v) is 16.1. The van der Waals surface area contributed by atoms with Gasteiger partial charge < -0.3 is 19.9 Å². The molecule has 1 aromatic carbocycles. The molecule has 0 radical (unpaired) electrons. The Kier molecular flexibility index (Phi) is 6.00. The number of aromatic nitrogens is 2. The summed E-state index contributed by atoms with van der Waals surface area (Å²) in [7, 11) is 3.34. The molecule has 0 spiro atoms. The molecular weight excluding hydrogens is 361 g/mol. The molecule has 2 aromatic rings. The fourth-order valence-corrected chi connectivity index (χ4v) is 4.08. The smallest absolute Gasteiger partial charge is 0.204 e. The van der Waals surface area contributed by atoms with Gasteiger partial charge in [0.2, 0.25) is 5.13 Å². The first-order valence-corrected chi connectivity index (χ1v) is 9.56. The summed E-state index contributed by atoms with van der Waals surface area (Å²) in [5.41, 5.74) is 1.01. The van der Waals surface area contributed by atoms with Crippen LogP contribution < -0.4 is 19.9 Å².